The largest absolute Gasteiger partial charge is 0.466 e. The van der Waals surface area contributed by atoms with Crippen LogP contribution in [0.25, 0.3) is 0 Å². The van der Waals surface area contributed by atoms with E-state index in [-0.39, 0.29) is 11.9 Å². The van der Waals surface area contributed by atoms with Crippen molar-refractivity contribution in [2.45, 2.75) is 252 Å². The van der Waals surface area contributed by atoms with Crippen molar-refractivity contribution in [1.29, 1.82) is 0 Å². The predicted molar refractivity (Wildman–Crippen MR) is 243 cm³/mol. The number of unbranched alkanes of at least 4 members (excludes halogenated alkanes) is 17. The van der Waals surface area contributed by atoms with E-state index < -0.39 is 0 Å². The normalized spacial score (nSPS) is 11.9. The van der Waals surface area contributed by atoms with E-state index in [1.807, 2.05) is 6.21 Å². The molecule has 0 spiro atoms. The lowest BCUT2D eigenvalue weighted by Gasteiger charge is -2.17. The van der Waals surface area contributed by atoms with Crippen LogP contribution in [0.5, 0.6) is 0 Å². The zero-order chi connectivity index (χ0) is 41.2. The van der Waals surface area contributed by atoms with Gasteiger partial charge in [-0.3, -0.25) is 9.59 Å². The number of esters is 2. The second-order valence-corrected chi connectivity index (χ2v) is 17.4. The minimum Gasteiger partial charge on any atom is -0.466 e. The Morgan fingerprint density at radius 2 is 0.875 bits per heavy atom. The van der Waals surface area contributed by atoms with Gasteiger partial charge < -0.3 is 19.8 Å². The summed E-state index contributed by atoms with van der Waals surface area (Å²) in [6.45, 7) is 11.3. The van der Waals surface area contributed by atoms with Gasteiger partial charge in [0.05, 0.1) is 13.2 Å². The standard InChI is InChI=1S/C49H97N3O4/c1-7-11-21-31-45(32-22-12-8-2)39-43-55-48(53)37-27-19-15-17-25-35-47(51-50-41-29-30-42-52(5)6)36-26-18-16-20-28-38-49(54)56-44-40-46(33-23-13-9-3)34-24-14-10-4/h41,45-47,51H,7-40,42-44H2,1-6H3/b50-41+. The van der Waals surface area contributed by atoms with E-state index >= 15 is 0 Å². The molecule has 0 fully saturated rings. The van der Waals surface area contributed by atoms with Gasteiger partial charge in [-0.05, 0) is 83.8 Å². The second-order valence-electron chi connectivity index (χ2n) is 17.4. The number of nitrogens with one attached hydrogen (secondary N) is 1. The molecule has 0 bridgehead atoms. The highest BCUT2D eigenvalue weighted by atomic mass is 16.5. The Balaban J connectivity index is 4.31. The third-order valence-electron chi connectivity index (χ3n) is 11.6. The molecule has 0 saturated carbocycles. The summed E-state index contributed by atoms with van der Waals surface area (Å²) in [6, 6.07) is 0.408. The fraction of sp³-hybridized carbons (Fsp3) is 0.939. The summed E-state index contributed by atoms with van der Waals surface area (Å²) < 4.78 is 11.3. The number of ether oxygens (including phenoxy) is 2. The molecule has 0 rings (SSSR count). The van der Waals surface area contributed by atoms with Gasteiger partial charge in [0.2, 0.25) is 0 Å². The molecule has 0 aliphatic rings. The number of rotatable bonds is 44. The van der Waals surface area contributed by atoms with E-state index in [0.29, 0.717) is 43.9 Å². The lowest BCUT2D eigenvalue weighted by atomic mass is 9.92. The van der Waals surface area contributed by atoms with Gasteiger partial charge in [0, 0.05) is 25.1 Å². The zero-order valence-corrected chi connectivity index (χ0v) is 38.5. The first kappa shape index (κ1) is 54.4. The van der Waals surface area contributed by atoms with E-state index in [2.05, 4.69) is 57.2 Å². The van der Waals surface area contributed by atoms with Crippen molar-refractivity contribution < 1.29 is 19.1 Å². The van der Waals surface area contributed by atoms with Crippen molar-refractivity contribution >= 4 is 18.2 Å². The maximum absolute atomic E-state index is 12.4. The molecule has 0 saturated heterocycles. The third-order valence-corrected chi connectivity index (χ3v) is 11.6. The SMILES string of the molecule is CCCCCC(CCCCC)CCOC(=O)CCCCCCCC(CCCCCCCC(=O)OCCC(CCCCC)CCCCC)N/N=C/CCCN(C)C. The van der Waals surface area contributed by atoms with Crippen LogP contribution in [0.2, 0.25) is 0 Å². The zero-order valence-electron chi connectivity index (χ0n) is 38.5. The molecule has 0 heterocycles. The number of nitrogens with zero attached hydrogens (tertiary/aromatic N) is 2. The number of carbonyl (C=O) groups excluding carboxylic acids is 2. The molecule has 7 nitrogen and oxygen atoms in total. The van der Waals surface area contributed by atoms with E-state index in [1.165, 1.54) is 141 Å². The van der Waals surface area contributed by atoms with Crippen LogP contribution in [-0.4, -0.2) is 62.9 Å². The number of hydrogen-bond donors (Lipinski definition) is 1. The van der Waals surface area contributed by atoms with E-state index in [0.717, 1.165) is 70.8 Å². The van der Waals surface area contributed by atoms with Crippen molar-refractivity contribution in [3.8, 4) is 0 Å². The van der Waals surface area contributed by atoms with Gasteiger partial charge in [-0.1, -0.05) is 182 Å². The highest BCUT2D eigenvalue weighted by Crippen LogP contribution is 2.23. The summed E-state index contributed by atoms with van der Waals surface area (Å²) in [6.07, 6.45) is 41.5. The number of hydrazone groups is 1. The van der Waals surface area contributed by atoms with Crippen molar-refractivity contribution in [1.82, 2.24) is 10.3 Å². The maximum Gasteiger partial charge on any atom is 0.305 e. The number of carbonyl (C=O) groups is 2. The van der Waals surface area contributed by atoms with Crippen LogP contribution in [0.15, 0.2) is 5.10 Å². The first-order valence-corrected chi connectivity index (χ1v) is 24.6. The molecule has 0 aromatic heterocycles. The topological polar surface area (TPSA) is 80.2 Å². The molecule has 0 aliphatic heterocycles. The van der Waals surface area contributed by atoms with Gasteiger partial charge in [0.1, 0.15) is 0 Å². The van der Waals surface area contributed by atoms with Crippen molar-refractivity contribution in [3.05, 3.63) is 0 Å². The van der Waals surface area contributed by atoms with Crippen LogP contribution >= 0.6 is 0 Å². The Labute approximate surface area is 349 Å². The predicted octanol–water partition coefficient (Wildman–Crippen LogP) is 14.2. The third kappa shape index (κ3) is 39.2. The van der Waals surface area contributed by atoms with Gasteiger partial charge in [-0.2, -0.15) is 5.10 Å². The van der Waals surface area contributed by atoms with Gasteiger partial charge in [-0.25, -0.2) is 0 Å². The highest BCUT2D eigenvalue weighted by molar-refractivity contribution is 5.69. The Hall–Kier alpha value is -1.63. The second kappa shape index (κ2) is 43.0. The van der Waals surface area contributed by atoms with Crippen LogP contribution in [0.4, 0.5) is 0 Å². The Bertz CT molecular complexity index is 790. The van der Waals surface area contributed by atoms with E-state index in [1.54, 1.807) is 0 Å². The lowest BCUT2D eigenvalue weighted by molar-refractivity contribution is -0.145. The molecule has 332 valence electrons. The molecular weight excluding hydrogens is 695 g/mol. The first-order valence-electron chi connectivity index (χ1n) is 24.6. The Morgan fingerprint density at radius 1 is 0.500 bits per heavy atom. The summed E-state index contributed by atoms with van der Waals surface area (Å²) in [4.78, 5) is 27.0. The van der Waals surface area contributed by atoms with Crippen LogP contribution < -0.4 is 5.43 Å². The van der Waals surface area contributed by atoms with E-state index in [9.17, 15) is 9.59 Å². The van der Waals surface area contributed by atoms with Crippen molar-refractivity contribution in [2.24, 2.45) is 16.9 Å². The van der Waals surface area contributed by atoms with Gasteiger partial charge in [0.25, 0.3) is 0 Å². The highest BCUT2D eigenvalue weighted by Gasteiger charge is 2.13. The van der Waals surface area contributed by atoms with Gasteiger partial charge >= 0.3 is 11.9 Å². The molecule has 0 amide bonds. The molecule has 1 N–H and O–H groups in total. The average Bonchev–Trinajstić information content (AvgIpc) is 3.17. The molecular formula is C49H97N3O4. The molecule has 0 aliphatic carbocycles. The van der Waals surface area contributed by atoms with Crippen LogP contribution in [0, 0.1) is 11.8 Å². The fourth-order valence-corrected chi connectivity index (χ4v) is 7.80. The fourth-order valence-electron chi connectivity index (χ4n) is 7.80. The Kier molecular flexibility index (Phi) is 41.7. The summed E-state index contributed by atoms with van der Waals surface area (Å²) >= 11 is 0. The molecule has 0 unspecified atom stereocenters. The molecule has 7 heteroatoms. The molecule has 0 aromatic rings. The van der Waals surface area contributed by atoms with Crippen LogP contribution in [0.3, 0.4) is 0 Å². The quantitative estimate of drug-likeness (QED) is 0.0286. The summed E-state index contributed by atoms with van der Waals surface area (Å²) in [5.41, 5.74) is 3.49. The van der Waals surface area contributed by atoms with Crippen molar-refractivity contribution in [2.75, 3.05) is 33.9 Å². The van der Waals surface area contributed by atoms with Crippen LogP contribution in [-0.2, 0) is 19.1 Å². The first-order chi connectivity index (χ1) is 27.4. The summed E-state index contributed by atoms with van der Waals surface area (Å²) in [7, 11) is 4.23. The minimum atomic E-state index is -0.00630. The lowest BCUT2D eigenvalue weighted by Crippen LogP contribution is -2.24. The van der Waals surface area contributed by atoms with Gasteiger partial charge in [-0.15, -0.1) is 0 Å². The smallest absolute Gasteiger partial charge is 0.305 e. The van der Waals surface area contributed by atoms with E-state index in [4.69, 9.17) is 9.47 Å². The van der Waals surface area contributed by atoms with Crippen molar-refractivity contribution in [3.63, 3.8) is 0 Å². The molecule has 0 atom stereocenters. The Morgan fingerprint density at radius 3 is 1.27 bits per heavy atom. The van der Waals surface area contributed by atoms with Gasteiger partial charge in [0.15, 0.2) is 0 Å². The summed E-state index contributed by atoms with van der Waals surface area (Å²) in [5.74, 6) is 1.41. The molecule has 0 radical (unpaired) electrons. The molecule has 56 heavy (non-hydrogen) atoms. The monoisotopic (exact) mass is 792 g/mol. The summed E-state index contributed by atoms with van der Waals surface area (Å²) in [5, 5.41) is 4.61. The molecule has 0 aromatic carbocycles. The van der Waals surface area contributed by atoms with Crippen LogP contribution in [0.1, 0.15) is 246 Å². The minimum absolute atomic E-state index is 0.00630. The average molecular weight is 792 g/mol. The maximum atomic E-state index is 12.4. The number of hydrogen-bond acceptors (Lipinski definition) is 7.